The van der Waals surface area contributed by atoms with E-state index >= 15 is 0 Å². The molecule has 1 aliphatic rings. The summed E-state index contributed by atoms with van der Waals surface area (Å²) in [6.07, 6.45) is 0. The van der Waals surface area contributed by atoms with Gasteiger partial charge in [-0.05, 0) is 17.2 Å². The van der Waals surface area contributed by atoms with E-state index < -0.39 is 12.0 Å². The molecular formula is C17H15NO3. The maximum atomic E-state index is 12.3. The van der Waals surface area contributed by atoms with Gasteiger partial charge >= 0.3 is 5.97 Å². The first kappa shape index (κ1) is 13.4. The number of hydrogen-bond acceptors (Lipinski definition) is 3. The molecule has 4 nitrogen and oxygen atoms in total. The molecule has 2 aromatic carbocycles. The zero-order chi connectivity index (χ0) is 14.8. The van der Waals surface area contributed by atoms with Crippen molar-refractivity contribution >= 4 is 11.9 Å². The normalized spacial score (nSPS) is 16.7. The number of carbonyl (C=O) groups excluding carboxylic acids is 2. The number of ether oxygens (including phenoxy) is 1. The SMILES string of the molecule is CN1C(=O)c2ccccc2C1C(=O)OCc1ccccc1. The van der Waals surface area contributed by atoms with Gasteiger partial charge in [0.15, 0.2) is 6.04 Å². The van der Waals surface area contributed by atoms with Crippen LogP contribution in [0, 0.1) is 0 Å². The number of nitrogens with zero attached hydrogens (tertiary/aromatic N) is 1. The van der Waals surface area contributed by atoms with E-state index in [2.05, 4.69) is 0 Å². The van der Waals surface area contributed by atoms with Crippen LogP contribution in [0.1, 0.15) is 27.5 Å². The van der Waals surface area contributed by atoms with Crippen LogP contribution in [0.5, 0.6) is 0 Å². The molecule has 106 valence electrons. The summed E-state index contributed by atoms with van der Waals surface area (Å²) in [6.45, 7) is 0.209. The third-order valence-corrected chi connectivity index (χ3v) is 3.64. The van der Waals surface area contributed by atoms with E-state index in [-0.39, 0.29) is 12.5 Å². The van der Waals surface area contributed by atoms with Gasteiger partial charge in [0, 0.05) is 12.6 Å². The summed E-state index contributed by atoms with van der Waals surface area (Å²) >= 11 is 0. The molecule has 0 spiro atoms. The summed E-state index contributed by atoms with van der Waals surface area (Å²) in [6, 6.07) is 16.0. The van der Waals surface area contributed by atoms with Gasteiger partial charge in [0.1, 0.15) is 6.61 Å². The molecule has 0 saturated carbocycles. The first-order valence-electron chi connectivity index (χ1n) is 6.75. The zero-order valence-electron chi connectivity index (χ0n) is 11.7. The molecule has 1 heterocycles. The maximum absolute atomic E-state index is 12.3. The smallest absolute Gasteiger partial charge is 0.333 e. The molecule has 0 aromatic heterocycles. The highest BCUT2D eigenvalue weighted by atomic mass is 16.5. The molecule has 21 heavy (non-hydrogen) atoms. The van der Waals surface area contributed by atoms with Crippen LogP contribution in [-0.4, -0.2) is 23.8 Å². The van der Waals surface area contributed by atoms with Gasteiger partial charge < -0.3 is 9.64 Å². The molecule has 3 rings (SSSR count). The molecule has 1 atom stereocenters. The Morgan fingerprint density at radius 1 is 1.10 bits per heavy atom. The van der Waals surface area contributed by atoms with Crippen LogP contribution >= 0.6 is 0 Å². The minimum Gasteiger partial charge on any atom is -0.459 e. The van der Waals surface area contributed by atoms with Crippen molar-refractivity contribution in [2.75, 3.05) is 7.05 Å². The summed E-state index contributed by atoms with van der Waals surface area (Å²) in [5, 5.41) is 0. The van der Waals surface area contributed by atoms with Crippen LogP contribution in [0.25, 0.3) is 0 Å². The molecule has 0 aliphatic carbocycles. The standard InChI is InChI=1S/C17H15NO3/c1-18-15(13-9-5-6-10-14(13)16(18)19)17(20)21-11-12-7-3-2-4-8-12/h2-10,15H,11H2,1H3. The van der Waals surface area contributed by atoms with E-state index in [4.69, 9.17) is 4.74 Å². The van der Waals surface area contributed by atoms with Crippen molar-refractivity contribution in [1.82, 2.24) is 4.90 Å². The molecule has 2 aromatic rings. The van der Waals surface area contributed by atoms with Crippen molar-refractivity contribution in [3.63, 3.8) is 0 Å². The van der Waals surface area contributed by atoms with Gasteiger partial charge in [-0.25, -0.2) is 4.79 Å². The largest absolute Gasteiger partial charge is 0.459 e. The van der Waals surface area contributed by atoms with Crippen LogP contribution in [0.4, 0.5) is 0 Å². The molecule has 0 saturated heterocycles. The summed E-state index contributed by atoms with van der Waals surface area (Å²) in [5.41, 5.74) is 2.20. The third kappa shape index (κ3) is 2.40. The van der Waals surface area contributed by atoms with Crippen molar-refractivity contribution in [2.45, 2.75) is 12.6 Å². The van der Waals surface area contributed by atoms with Crippen LogP contribution in [0.2, 0.25) is 0 Å². The van der Waals surface area contributed by atoms with Gasteiger partial charge in [0.2, 0.25) is 0 Å². The summed E-state index contributed by atoms with van der Waals surface area (Å²) in [7, 11) is 1.62. The number of fused-ring (bicyclic) bond motifs is 1. The highest BCUT2D eigenvalue weighted by molar-refractivity contribution is 6.03. The van der Waals surface area contributed by atoms with Crippen molar-refractivity contribution in [3.05, 3.63) is 71.3 Å². The quantitative estimate of drug-likeness (QED) is 0.812. The molecule has 1 aliphatic heterocycles. The Morgan fingerprint density at radius 2 is 1.76 bits per heavy atom. The van der Waals surface area contributed by atoms with Crippen molar-refractivity contribution in [2.24, 2.45) is 0 Å². The van der Waals surface area contributed by atoms with E-state index in [0.717, 1.165) is 5.56 Å². The predicted molar refractivity (Wildman–Crippen MR) is 77.5 cm³/mol. The molecule has 1 unspecified atom stereocenters. The lowest BCUT2D eigenvalue weighted by Crippen LogP contribution is -2.30. The third-order valence-electron chi connectivity index (χ3n) is 3.64. The predicted octanol–water partition coefficient (Wildman–Crippen LogP) is 2.56. The number of benzene rings is 2. The number of likely N-dealkylation sites (N-methyl/N-ethyl adjacent to an activating group) is 1. The Kier molecular flexibility index (Phi) is 3.44. The minimum atomic E-state index is -0.655. The van der Waals surface area contributed by atoms with E-state index in [1.807, 2.05) is 36.4 Å². The van der Waals surface area contributed by atoms with Gasteiger partial charge in [-0.3, -0.25) is 4.79 Å². The number of amides is 1. The van der Waals surface area contributed by atoms with Crippen LogP contribution in [-0.2, 0) is 16.1 Å². The maximum Gasteiger partial charge on any atom is 0.333 e. The molecule has 0 fully saturated rings. The fourth-order valence-electron chi connectivity index (χ4n) is 2.54. The van der Waals surface area contributed by atoms with Gasteiger partial charge in [0.05, 0.1) is 0 Å². The lowest BCUT2D eigenvalue weighted by atomic mass is 10.1. The number of rotatable bonds is 3. The van der Waals surface area contributed by atoms with Crippen molar-refractivity contribution < 1.29 is 14.3 Å². The van der Waals surface area contributed by atoms with E-state index in [1.54, 1.807) is 25.2 Å². The van der Waals surface area contributed by atoms with Gasteiger partial charge in [-0.1, -0.05) is 48.5 Å². The molecule has 0 radical (unpaired) electrons. The van der Waals surface area contributed by atoms with E-state index in [9.17, 15) is 9.59 Å². The van der Waals surface area contributed by atoms with Gasteiger partial charge in [-0.2, -0.15) is 0 Å². The van der Waals surface area contributed by atoms with Crippen LogP contribution < -0.4 is 0 Å². The number of carbonyl (C=O) groups is 2. The first-order valence-corrected chi connectivity index (χ1v) is 6.75. The summed E-state index contributed by atoms with van der Waals surface area (Å²) < 4.78 is 5.35. The highest BCUT2D eigenvalue weighted by Crippen LogP contribution is 2.33. The second-order valence-corrected chi connectivity index (χ2v) is 5.00. The van der Waals surface area contributed by atoms with Crippen LogP contribution in [0.3, 0.4) is 0 Å². The van der Waals surface area contributed by atoms with Crippen LogP contribution in [0.15, 0.2) is 54.6 Å². The number of esters is 1. The fraction of sp³-hybridized carbons (Fsp3) is 0.176. The molecule has 0 bridgehead atoms. The summed E-state index contributed by atoms with van der Waals surface area (Å²) in [5.74, 6) is -0.549. The van der Waals surface area contributed by atoms with Gasteiger partial charge in [-0.15, -0.1) is 0 Å². The fourth-order valence-corrected chi connectivity index (χ4v) is 2.54. The monoisotopic (exact) mass is 281 g/mol. The first-order chi connectivity index (χ1) is 10.2. The van der Waals surface area contributed by atoms with Gasteiger partial charge in [0.25, 0.3) is 5.91 Å². The van der Waals surface area contributed by atoms with Crippen molar-refractivity contribution in [3.8, 4) is 0 Å². The Labute approximate surface area is 123 Å². The summed E-state index contributed by atoms with van der Waals surface area (Å²) in [4.78, 5) is 25.9. The second-order valence-electron chi connectivity index (χ2n) is 5.00. The Morgan fingerprint density at radius 3 is 2.52 bits per heavy atom. The van der Waals surface area contributed by atoms with E-state index in [1.165, 1.54) is 4.90 Å². The average Bonchev–Trinajstić information content (AvgIpc) is 2.78. The lowest BCUT2D eigenvalue weighted by Gasteiger charge is -2.19. The molecular weight excluding hydrogens is 266 g/mol. The minimum absolute atomic E-state index is 0.146. The van der Waals surface area contributed by atoms with E-state index in [0.29, 0.717) is 11.1 Å². The molecule has 1 amide bonds. The molecule has 4 heteroatoms. The Hall–Kier alpha value is -2.62. The highest BCUT2D eigenvalue weighted by Gasteiger charge is 2.39. The second kappa shape index (κ2) is 5.40. The Bertz CT molecular complexity index is 681. The Balaban J connectivity index is 1.77. The average molecular weight is 281 g/mol. The number of hydrogen-bond donors (Lipinski definition) is 0. The van der Waals surface area contributed by atoms with Crippen molar-refractivity contribution in [1.29, 1.82) is 0 Å². The topological polar surface area (TPSA) is 46.6 Å². The lowest BCUT2D eigenvalue weighted by molar-refractivity contribution is -0.150. The molecule has 0 N–H and O–H groups in total. The zero-order valence-corrected chi connectivity index (χ0v) is 11.7.